The fourth-order valence-electron chi connectivity index (χ4n) is 2.54. The van der Waals surface area contributed by atoms with Crippen LogP contribution in [-0.4, -0.2) is 35.2 Å². The molecule has 1 aliphatic heterocycles. The lowest BCUT2D eigenvalue weighted by molar-refractivity contribution is 0.114. The van der Waals surface area contributed by atoms with Crippen molar-refractivity contribution >= 4 is 17.0 Å². The van der Waals surface area contributed by atoms with Crippen LogP contribution in [0, 0.1) is 6.92 Å². The van der Waals surface area contributed by atoms with Gasteiger partial charge < -0.3 is 20.8 Å². The number of para-hydroxylation sites is 1. The molecule has 3 rings (SSSR count). The van der Waals surface area contributed by atoms with Gasteiger partial charge in [-0.05, 0) is 31.4 Å². The zero-order valence-electron chi connectivity index (χ0n) is 12.2. The molecule has 1 atom stereocenters. The quantitative estimate of drug-likeness (QED) is 0.586. The van der Waals surface area contributed by atoms with Crippen LogP contribution < -0.4 is 11.1 Å². The zero-order chi connectivity index (χ0) is 14.7. The molecular formula is C15H21N5O. The predicted octanol–water partition coefficient (Wildman–Crippen LogP) is 1.45. The van der Waals surface area contributed by atoms with Crippen LogP contribution in [0.1, 0.15) is 24.2 Å². The first-order valence-electron chi connectivity index (χ1n) is 7.32. The Morgan fingerprint density at radius 2 is 2.48 bits per heavy atom. The van der Waals surface area contributed by atoms with Crippen molar-refractivity contribution in [1.29, 1.82) is 0 Å². The van der Waals surface area contributed by atoms with Gasteiger partial charge in [0.25, 0.3) is 0 Å². The second kappa shape index (κ2) is 6.13. The summed E-state index contributed by atoms with van der Waals surface area (Å²) in [5.41, 5.74) is 9.05. The van der Waals surface area contributed by atoms with Crippen molar-refractivity contribution in [2.75, 3.05) is 13.2 Å². The van der Waals surface area contributed by atoms with Crippen LogP contribution in [0.4, 0.5) is 0 Å². The van der Waals surface area contributed by atoms with E-state index in [0.717, 1.165) is 41.9 Å². The number of benzene rings is 1. The van der Waals surface area contributed by atoms with Gasteiger partial charge in [0, 0.05) is 13.2 Å². The molecule has 1 fully saturated rings. The number of hydrogen-bond acceptors (Lipinski definition) is 3. The molecule has 6 heteroatoms. The summed E-state index contributed by atoms with van der Waals surface area (Å²) in [7, 11) is 0. The molecule has 0 aliphatic carbocycles. The fraction of sp³-hybridized carbons (Fsp3) is 0.467. The minimum atomic E-state index is 0.257. The van der Waals surface area contributed by atoms with Gasteiger partial charge in [-0.25, -0.2) is 9.98 Å². The monoisotopic (exact) mass is 287 g/mol. The summed E-state index contributed by atoms with van der Waals surface area (Å²) in [6, 6.07) is 6.08. The number of aromatic amines is 1. The molecule has 112 valence electrons. The van der Waals surface area contributed by atoms with E-state index in [9.17, 15) is 0 Å². The molecule has 1 saturated heterocycles. The Labute approximate surface area is 123 Å². The Balaban J connectivity index is 1.59. The number of H-pyrrole nitrogens is 1. The van der Waals surface area contributed by atoms with Gasteiger partial charge in [0.05, 0.1) is 17.1 Å². The van der Waals surface area contributed by atoms with Gasteiger partial charge in [0.15, 0.2) is 5.96 Å². The Kier molecular flexibility index (Phi) is 4.06. The van der Waals surface area contributed by atoms with E-state index < -0.39 is 0 Å². The number of fused-ring (bicyclic) bond motifs is 1. The average Bonchev–Trinajstić information content (AvgIpc) is 3.12. The molecule has 0 radical (unpaired) electrons. The second-order valence-electron chi connectivity index (χ2n) is 5.37. The molecule has 0 saturated carbocycles. The lowest BCUT2D eigenvalue weighted by atomic mass is 10.2. The Bertz CT molecular complexity index is 643. The Morgan fingerprint density at radius 3 is 3.24 bits per heavy atom. The maximum atomic E-state index is 5.87. The number of aromatic nitrogens is 2. The molecule has 1 aliphatic rings. The molecular weight excluding hydrogens is 266 g/mol. The maximum Gasteiger partial charge on any atom is 0.189 e. The number of nitrogens with zero attached hydrogens (tertiary/aromatic N) is 2. The van der Waals surface area contributed by atoms with Gasteiger partial charge in [-0.3, -0.25) is 0 Å². The number of guanidine groups is 1. The minimum Gasteiger partial charge on any atom is -0.376 e. The van der Waals surface area contributed by atoms with E-state index in [1.807, 2.05) is 25.1 Å². The third-order valence-electron chi connectivity index (χ3n) is 3.70. The highest BCUT2D eigenvalue weighted by atomic mass is 16.5. The lowest BCUT2D eigenvalue weighted by Crippen LogP contribution is -2.37. The highest BCUT2D eigenvalue weighted by molar-refractivity contribution is 5.79. The van der Waals surface area contributed by atoms with Crippen molar-refractivity contribution in [2.24, 2.45) is 10.7 Å². The van der Waals surface area contributed by atoms with Crippen molar-refractivity contribution in [3.8, 4) is 0 Å². The van der Waals surface area contributed by atoms with Crippen molar-refractivity contribution in [2.45, 2.75) is 32.4 Å². The van der Waals surface area contributed by atoms with Crippen LogP contribution in [0.15, 0.2) is 23.2 Å². The average molecular weight is 287 g/mol. The first kappa shape index (κ1) is 13.9. The van der Waals surface area contributed by atoms with Crippen LogP contribution in [0.25, 0.3) is 11.0 Å². The van der Waals surface area contributed by atoms with Crippen molar-refractivity contribution in [1.82, 2.24) is 15.3 Å². The molecule has 2 aromatic rings. The largest absolute Gasteiger partial charge is 0.376 e. The number of aryl methyl sites for hydroxylation is 1. The van der Waals surface area contributed by atoms with Gasteiger partial charge in [0.1, 0.15) is 12.4 Å². The van der Waals surface area contributed by atoms with E-state index >= 15 is 0 Å². The summed E-state index contributed by atoms with van der Waals surface area (Å²) in [6.45, 7) is 4.06. The van der Waals surface area contributed by atoms with Crippen LogP contribution in [0.5, 0.6) is 0 Å². The van der Waals surface area contributed by atoms with E-state index in [-0.39, 0.29) is 6.10 Å². The molecule has 6 nitrogen and oxygen atoms in total. The molecule has 0 spiro atoms. The minimum absolute atomic E-state index is 0.257. The van der Waals surface area contributed by atoms with Crippen LogP contribution in [-0.2, 0) is 11.3 Å². The molecule has 21 heavy (non-hydrogen) atoms. The lowest BCUT2D eigenvalue weighted by Gasteiger charge is -2.10. The number of nitrogens with two attached hydrogens (primary N) is 1. The molecule has 0 bridgehead atoms. The Morgan fingerprint density at radius 1 is 1.57 bits per heavy atom. The van der Waals surface area contributed by atoms with Crippen LogP contribution in [0.2, 0.25) is 0 Å². The number of aliphatic imine (C=N–C) groups is 1. The molecule has 2 heterocycles. The standard InChI is InChI=1S/C15H21N5O/c1-10-4-2-6-12-14(10)20-13(19-12)9-18-15(16)17-8-11-5-3-7-21-11/h2,4,6,11H,3,5,7-9H2,1H3,(H,19,20)(H3,16,17,18). The summed E-state index contributed by atoms with van der Waals surface area (Å²) >= 11 is 0. The first-order valence-corrected chi connectivity index (χ1v) is 7.32. The normalized spacial score (nSPS) is 19.3. The highest BCUT2D eigenvalue weighted by Gasteiger charge is 2.14. The molecule has 1 aromatic heterocycles. The second-order valence-corrected chi connectivity index (χ2v) is 5.37. The number of hydrogen-bond donors (Lipinski definition) is 3. The number of nitrogens with one attached hydrogen (secondary N) is 2. The SMILES string of the molecule is Cc1cccc2[nH]c(CN=C(N)NCC3CCCO3)nc12. The summed E-state index contributed by atoms with van der Waals surface area (Å²) < 4.78 is 5.53. The molecule has 4 N–H and O–H groups in total. The van der Waals surface area contributed by atoms with Crippen LogP contribution >= 0.6 is 0 Å². The van der Waals surface area contributed by atoms with E-state index in [4.69, 9.17) is 10.5 Å². The van der Waals surface area contributed by atoms with E-state index in [2.05, 4.69) is 20.3 Å². The summed E-state index contributed by atoms with van der Waals surface area (Å²) in [5, 5.41) is 3.10. The highest BCUT2D eigenvalue weighted by Crippen LogP contribution is 2.15. The van der Waals surface area contributed by atoms with Gasteiger partial charge in [-0.2, -0.15) is 0 Å². The first-order chi connectivity index (χ1) is 10.2. The van der Waals surface area contributed by atoms with Crippen LogP contribution in [0.3, 0.4) is 0 Å². The van der Waals surface area contributed by atoms with Gasteiger partial charge in [-0.15, -0.1) is 0 Å². The smallest absolute Gasteiger partial charge is 0.189 e. The van der Waals surface area contributed by atoms with E-state index in [1.165, 1.54) is 0 Å². The van der Waals surface area contributed by atoms with Gasteiger partial charge in [-0.1, -0.05) is 12.1 Å². The van der Waals surface area contributed by atoms with E-state index in [1.54, 1.807) is 0 Å². The number of ether oxygens (including phenoxy) is 1. The van der Waals surface area contributed by atoms with Crippen molar-refractivity contribution in [3.05, 3.63) is 29.6 Å². The van der Waals surface area contributed by atoms with Gasteiger partial charge in [0.2, 0.25) is 0 Å². The van der Waals surface area contributed by atoms with Crippen molar-refractivity contribution in [3.63, 3.8) is 0 Å². The third kappa shape index (κ3) is 3.33. The van der Waals surface area contributed by atoms with Gasteiger partial charge >= 0.3 is 0 Å². The number of rotatable bonds is 4. The zero-order valence-corrected chi connectivity index (χ0v) is 12.2. The summed E-state index contributed by atoms with van der Waals surface area (Å²) in [6.07, 6.45) is 2.47. The number of imidazole rings is 1. The summed E-state index contributed by atoms with van der Waals surface area (Å²) in [4.78, 5) is 12.1. The molecule has 0 amide bonds. The Hall–Kier alpha value is -2.08. The predicted molar refractivity (Wildman–Crippen MR) is 83.1 cm³/mol. The topological polar surface area (TPSA) is 88.3 Å². The molecule has 1 unspecified atom stereocenters. The fourth-order valence-corrected chi connectivity index (χ4v) is 2.54. The maximum absolute atomic E-state index is 5.87. The third-order valence-corrected chi connectivity index (χ3v) is 3.70. The molecule has 1 aromatic carbocycles. The van der Waals surface area contributed by atoms with Crippen molar-refractivity contribution < 1.29 is 4.74 Å². The van der Waals surface area contributed by atoms with E-state index in [0.29, 0.717) is 19.0 Å². The summed E-state index contributed by atoms with van der Waals surface area (Å²) in [5.74, 6) is 1.25.